The van der Waals surface area contributed by atoms with Gasteiger partial charge < -0.3 is 15.0 Å². The first-order valence-electron chi connectivity index (χ1n) is 9.11. The van der Waals surface area contributed by atoms with Gasteiger partial charge in [-0.05, 0) is 55.8 Å². The number of aromatic nitrogens is 1. The lowest BCUT2D eigenvalue weighted by atomic mass is 9.99. The van der Waals surface area contributed by atoms with Gasteiger partial charge in [-0.1, -0.05) is 0 Å². The fourth-order valence-electron chi connectivity index (χ4n) is 3.85. The second kappa shape index (κ2) is 6.90. The quantitative estimate of drug-likeness (QED) is 0.869. The minimum atomic E-state index is -0.392. The van der Waals surface area contributed by atoms with Crippen LogP contribution in [0.3, 0.4) is 0 Å². The molecule has 7 heteroatoms. The van der Waals surface area contributed by atoms with Gasteiger partial charge in [0.15, 0.2) is 0 Å². The summed E-state index contributed by atoms with van der Waals surface area (Å²) in [4.78, 5) is 28.0. The smallest absolute Gasteiger partial charge is 0.268 e. The molecule has 142 valence electrons. The minimum Gasteiger partial charge on any atom is -0.370 e. The normalized spacial score (nSPS) is 22.4. The molecule has 4 rings (SSSR count). The molecule has 27 heavy (non-hydrogen) atoms. The molecular formula is C20H22FN3O3. The minimum absolute atomic E-state index is 0.157. The van der Waals surface area contributed by atoms with E-state index in [9.17, 15) is 14.0 Å². The Labute approximate surface area is 156 Å². The summed E-state index contributed by atoms with van der Waals surface area (Å²) in [5, 5.41) is 3.28. The van der Waals surface area contributed by atoms with E-state index in [0.29, 0.717) is 37.5 Å². The molecule has 2 fully saturated rings. The van der Waals surface area contributed by atoms with Crippen LogP contribution in [0.5, 0.6) is 0 Å². The summed E-state index contributed by atoms with van der Waals surface area (Å²) in [7, 11) is 0. The molecule has 1 unspecified atom stereocenters. The van der Waals surface area contributed by atoms with Crippen molar-refractivity contribution in [2.24, 2.45) is 0 Å². The number of morpholine rings is 1. The van der Waals surface area contributed by atoms with Gasteiger partial charge in [0.05, 0.1) is 18.8 Å². The lowest BCUT2D eigenvalue weighted by Crippen LogP contribution is -2.55. The molecule has 1 aromatic heterocycles. The summed E-state index contributed by atoms with van der Waals surface area (Å²) in [6.07, 6.45) is 2.47. The lowest BCUT2D eigenvalue weighted by Gasteiger charge is -2.40. The molecule has 1 amide bonds. The Morgan fingerprint density at radius 1 is 1.26 bits per heavy atom. The fourth-order valence-corrected chi connectivity index (χ4v) is 3.85. The molecule has 2 aliphatic rings. The Hall–Kier alpha value is -2.51. The number of carbonyl (C=O) groups is 1. The number of carbonyl (C=O) groups excluding carboxylic acids is 1. The van der Waals surface area contributed by atoms with Crippen LogP contribution in [0.4, 0.5) is 4.39 Å². The molecule has 0 bridgehead atoms. The SMILES string of the molecule is Cc1ccn(-c2ccc(F)cc2)c(=O)c1C(=O)N1CCOC2(CCNC2)C1. The number of ether oxygens (including phenoxy) is 1. The zero-order valence-corrected chi connectivity index (χ0v) is 15.2. The van der Waals surface area contributed by atoms with Gasteiger partial charge in [0.25, 0.3) is 11.5 Å². The Morgan fingerprint density at radius 3 is 2.74 bits per heavy atom. The van der Waals surface area contributed by atoms with E-state index in [2.05, 4.69) is 5.32 Å². The van der Waals surface area contributed by atoms with Crippen molar-refractivity contribution < 1.29 is 13.9 Å². The maximum Gasteiger partial charge on any atom is 0.268 e. The Morgan fingerprint density at radius 2 is 2.04 bits per heavy atom. The van der Waals surface area contributed by atoms with Crippen molar-refractivity contribution in [2.75, 3.05) is 32.8 Å². The molecule has 3 heterocycles. The van der Waals surface area contributed by atoms with Crippen molar-refractivity contribution in [1.29, 1.82) is 0 Å². The summed E-state index contributed by atoms with van der Waals surface area (Å²) >= 11 is 0. The number of halogens is 1. The monoisotopic (exact) mass is 371 g/mol. The highest BCUT2D eigenvalue weighted by atomic mass is 19.1. The number of aryl methyl sites for hydroxylation is 1. The largest absolute Gasteiger partial charge is 0.370 e. The Kier molecular flexibility index (Phi) is 4.57. The van der Waals surface area contributed by atoms with Crippen molar-refractivity contribution in [3.63, 3.8) is 0 Å². The number of hydrogen-bond donors (Lipinski definition) is 1. The summed E-state index contributed by atoms with van der Waals surface area (Å²) in [5.74, 6) is -0.650. The molecule has 1 atom stereocenters. The standard InChI is InChI=1S/C20H22FN3O3/c1-14-6-9-24(16-4-2-15(21)3-5-16)19(26)17(14)18(25)23-10-11-27-20(13-23)7-8-22-12-20/h2-6,9,22H,7-8,10-13H2,1H3. The first kappa shape index (κ1) is 17.9. The number of nitrogens with one attached hydrogen (secondary N) is 1. The van der Waals surface area contributed by atoms with E-state index in [0.717, 1.165) is 13.0 Å². The van der Waals surface area contributed by atoms with Gasteiger partial charge in [0.2, 0.25) is 0 Å². The van der Waals surface area contributed by atoms with Crippen molar-refractivity contribution in [2.45, 2.75) is 18.9 Å². The van der Waals surface area contributed by atoms with Crippen LogP contribution in [0.1, 0.15) is 22.3 Å². The van der Waals surface area contributed by atoms with Crippen molar-refractivity contribution >= 4 is 5.91 Å². The van der Waals surface area contributed by atoms with Crippen LogP contribution in [0.2, 0.25) is 0 Å². The van der Waals surface area contributed by atoms with E-state index in [1.165, 1.54) is 28.8 Å². The molecule has 2 saturated heterocycles. The van der Waals surface area contributed by atoms with E-state index >= 15 is 0 Å². The number of benzene rings is 1. The highest BCUT2D eigenvalue weighted by Gasteiger charge is 2.41. The zero-order chi connectivity index (χ0) is 19.0. The topological polar surface area (TPSA) is 63.6 Å². The van der Waals surface area contributed by atoms with Gasteiger partial charge in [-0.2, -0.15) is 0 Å². The molecule has 1 N–H and O–H groups in total. The number of nitrogens with zero attached hydrogens (tertiary/aromatic N) is 2. The third-order valence-electron chi connectivity index (χ3n) is 5.36. The third-order valence-corrected chi connectivity index (χ3v) is 5.36. The van der Waals surface area contributed by atoms with Crippen LogP contribution in [-0.4, -0.2) is 53.8 Å². The fraction of sp³-hybridized carbons (Fsp3) is 0.400. The molecular weight excluding hydrogens is 349 g/mol. The van der Waals surface area contributed by atoms with Crippen LogP contribution >= 0.6 is 0 Å². The number of pyridine rings is 1. The molecule has 6 nitrogen and oxygen atoms in total. The molecule has 1 aromatic carbocycles. The number of rotatable bonds is 2. The summed E-state index contributed by atoms with van der Waals surface area (Å²) in [5.41, 5.74) is 0.566. The summed E-state index contributed by atoms with van der Waals surface area (Å²) in [6, 6.07) is 7.37. The van der Waals surface area contributed by atoms with Crippen LogP contribution in [0.25, 0.3) is 5.69 Å². The van der Waals surface area contributed by atoms with Crippen LogP contribution < -0.4 is 10.9 Å². The average Bonchev–Trinajstić information content (AvgIpc) is 3.10. The van der Waals surface area contributed by atoms with E-state index in [1.807, 2.05) is 0 Å². The lowest BCUT2D eigenvalue weighted by molar-refractivity contribution is -0.0867. The van der Waals surface area contributed by atoms with Gasteiger partial charge in [0.1, 0.15) is 11.4 Å². The molecule has 0 saturated carbocycles. The van der Waals surface area contributed by atoms with E-state index in [-0.39, 0.29) is 22.9 Å². The maximum atomic E-state index is 13.2. The van der Waals surface area contributed by atoms with Gasteiger partial charge >= 0.3 is 0 Å². The predicted molar refractivity (Wildman–Crippen MR) is 98.8 cm³/mol. The Balaban J connectivity index is 1.68. The number of amides is 1. The zero-order valence-electron chi connectivity index (χ0n) is 15.2. The second-order valence-electron chi connectivity index (χ2n) is 7.21. The van der Waals surface area contributed by atoms with Crippen molar-refractivity contribution in [1.82, 2.24) is 14.8 Å². The molecule has 1 spiro atoms. The van der Waals surface area contributed by atoms with Gasteiger partial charge in [-0.25, -0.2) is 4.39 Å². The van der Waals surface area contributed by atoms with E-state index in [4.69, 9.17) is 4.74 Å². The van der Waals surface area contributed by atoms with Crippen LogP contribution in [-0.2, 0) is 4.74 Å². The van der Waals surface area contributed by atoms with Crippen molar-refractivity contribution in [3.8, 4) is 5.69 Å². The highest BCUT2D eigenvalue weighted by Crippen LogP contribution is 2.25. The molecule has 0 aliphatic carbocycles. The molecule has 2 aliphatic heterocycles. The van der Waals surface area contributed by atoms with Crippen LogP contribution in [0.15, 0.2) is 41.3 Å². The predicted octanol–water partition coefficient (Wildman–Crippen LogP) is 1.49. The Bertz CT molecular complexity index is 917. The van der Waals surface area contributed by atoms with E-state index < -0.39 is 5.56 Å². The molecule has 0 radical (unpaired) electrons. The molecule has 2 aromatic rings. The highest BCUT2D eigenvalue weighted by molar-refractivity contribution is 5.95. The third kappa shape index (κ3) is 3.28. The number of hydrogen-bond acceptors (Lipinski definition) is 4. The van der Waals surface area contributed by atoms with E-state index in [1.54, 1.807) is 24.1 Å². The maximum absolute atomic E-state index is 13.2. The first-order chi connectivity index (χ1) is 13.0. The van der Waals surface area contributed by atoms with Crippen molar-refractivity contribution in [3.05, 3.63) is 63.8 Å². The average molecular weight is 371 g/mol. The first-order valence-corrected chi connectivity index (χ1v) is 9.11. The second-order valence-corrected chi connectivity index (χ2v) is 7.21. The summed E-state index contributed by atoms with van der Waals surface area (Å²) in [6.45, 7) is 4.74. The van der Waals surface area contributed by atoms with Gasteiger partial charge in [-0.3, -0.25) is 14.2 Å². The van der Waals surface area contributed by atoms with Gasteiger partial charge in [-0.15, -0.1) is 0 Å². The summed E-state index contributed by atoms with van der Waals surface area (Å²) < 4.78 is 20.5. The van der Waals surface area contributed by atoms with Crippen LogP contribution in [0, 0.1) is 12.7 Å². The van der Waals surface area contributed by atoms with Gasteiger partial charge in [0, 0.05) is 25.0 Å².